The van der Waals surface area contributed by atoms with Crippen LogP contribution in [0.2, 0.25) is 0 Å². The van der Waals surface area contributed by atoms with Crippen molar-refractivity contribution in [1.29, 1.82) is 0 Å². The van der Waals surface area contributed by atoms with E-state index in [9.17, 15) is 14.9 Å². The van der Waals surface area contributed by atoms with E-state index < -0.39 is 10.5 Å². The normalized spacial score (nSPS) is 15.2. The summed E-state index contributed by atoms with van der Waals surface area (Å²) >= 11 is 0. The van der Waals surface area contributed by atoms with E-state index >= 15 is 0 Å². The number of carbonyl (C=O) groups excluding carboxylic acids is 1. The van der Waals surface area contributed by atoms with Gasteiger partial charge in [-0.1, -0.05) is 0 Å². The number of nitrogens with zero attached hydrogens (tertiary/aromatic N) is 3. The first-order valence-corrected chi connectivity index (χ1v) is 7.74. The van der Waals surface area contributed by atoms with E-state index in [1.807, 2.05) is 6.92 Å². The predicted molar refractivity (Wildman–Crippen MR) is 102 cm³/mol. The van der Waals surface area contributed by atoms with Crippen molar-refractivity contribution in [2.75, 3.05) is 6.54 Å². The van der Waals surface area contributed by atoms with Crippen molar-refractivity contribution in [3.05, 3.63) is 52.6 Å². The molecule has 0 aliphatic heterocycles. The van der Waals surface area contributed by atoms with Gasteiger partial charge in [-0.3, -0.25) is 14.9 Å². The second-order valence-corrected chi connectivity index (χ2v) is 6.28. The van der Waals surface area contributed by atoms with Crippen molar-refractivity contribution in [3.8, 4) is 5.69 Å². The van der Waals surface area contributed by atoms with E-state index in [1.165, 1.54) is 23.2 Å². The number of hydrogen-bond acceptors (Lipinski definition) is 5. The molecule has 1 aromatic heterocycles. The van der Waals surface area contributed by atoms with Crippen LogP contribution in [0.3, 0.4) is 0 Å². The van der Waals surface area contributed by atoms with Gasteiger partial charge in [0, 0.05) is 30.6 Å². The highest BCUT2D eigenvalue weighted by molar-refractivity contribution is 5.96. The van der Waals surface area contributed by atoms with Crippen molar-refractivity contribution in [2.24, 2.45) is 11.7 Å². The summed E-state index contributed by atoms with van der Waals surface area (Å²) in [4.78, 5) is 27.3. The third kappa shape index (κ3) is 4.32. The van der Waals surface area contributed by atoms with Crippen LogP contribution in [0.1, 0.15) is 30.1 Å². The molecule has 0 radical (unpaired) electrons. The molecule has 2 aromatic rings. The molecular weight excluding hydrogens is 381 g/mol. The Labute approximate surface area is 163 Å². The molecule has 26 heavy (non-hydrogen) atoms. The Hall–Kier alpha value is -2.16. The Balaban J connectivity index is 0.00000169. The lowest BCUT2D eigenvalue weighted by atomic mass is 9.95. The van der Waals surface area contributed by atoms with Gasteiger partial charge in [-0.15, -0.1) is 24.8 Å². The summed E-state index contributed by atoms with van der Waals surface area (Å²) in [7, 11) is 0. The van der Waals surface area contributed by atoms with Crippen LogP contribution in [0, 0.1) is 16.0 Å². The lowest BCUT2D eigenvalue weighted by Gasteiger charge is -2.29. The third-order valence-corrected chi connectivity index (χ3v) is 4.52. The molecule has 1 unspecified atom stereocenters. The number of nitrogens with two attached hydrogens (primary N) is 1. The third-order valence-electron chi connectivity index (χ3n) is 4.52. The van der Waals surface area contributed by atoms with Crippen LogP contribution in [0.25, 0.3) is 5.69 Å². The molecule has 1 aromatic carbocycles. The minimum absolute atomic E-state index is 0. The summed E-state index contributed by atoms with van der Waals surface area (Å²) in [5.74, 6) is 0.0155. The maximum atomic E-state index is 12.5. The van der Waals surface area contributed by atoms with Gasteiger partial charge in [0.2, 0.25) is 0 Å². The molecule has 142 valence electrons. The lowest BCUT2D eigenvalue weighted by molar-refractivity contribution is -0.384. The summed E-state index contributed by atoms with van der Waals surface area (Å²) in [6.45, 7) is 2.25. The number of nitro groups is 1. The molecule has 0 bridgehead atoms. The van der Waals surface area contributed by atoms with E-state index in [0.29, 0.717) is 18.2 Å². The SMILES string of the molecule is CC(CN)(NC(=O)c1ccc(-n2ccnc2)c([N+](=O)[O-])c1)C1CC1.Cl.Cl. The number of nitro benzene ring substituents is 1. The van der Waals surface area contributed by atoms with Crippen molar-refractivity contribution < 1.29 is 9.72 Å². The zero-order valence-corrected chi connectivity index (χ0v) is 15.8. The highest BCUT2D eigenvalue weighted by Gasteiger charge is 2.41. The average molecular weight is 402 g/mol. The minimum Gasteiger partial charge on any atom is -0.345 e. The van der Waals surface area contributed by atoms with Crippen LogP contribution in [0.15, 0.2) is 36.9 Å². The molecule has 1 heterocycles. The van der Waals surface area contributed by atoms with E-state index in [4.69, 9.17) is 5.73 Å². The first kappa shape index (κ1) is 21.9. The summed E-state index contributed by atoms with van der Waals surface area (Å²) in [6, 6.07) is 4.40. The van der Waals surface area contributed by atoms with Gasteiger partial charge >= 0.3 is 0 Å². The summed E-state index contributed by atoms with van der Waals surface area (Å²) in [5, 5.41) is 14.3. The maximum absolute atomic E-state index is 12.5. The first-order chi connectivity index (χ1) is 11.4. The van der Waals surface area contributed by atoms with Crippen molar-refractivity contribution >= 4 is 36.4 Å². The molecule has 3 rings (SSSR count). The molecule has 10 heteroatoms. The highest BCUT2D eigenvalue weighted by Crippen LogP contribution is 2.39. The van der Waals surface area contributed by atoms with E-state index in [1.54, 1.807) is 18.3 Å². The molecule has 1 saturated carbocycles. The molecule has 8 nitrogen and oxygen atoms in total. The molecule has 1 fully saturated rings. The monoisotopic (exact) mass is 401 g/mol. The standard InChI is InChI=1S/C16H19N5O3.2ClH/c1-16(9-17,12-3-4-12)19-15(22)11-2-5-13(14(8-11)21(23)24)20-7-6-18-10-20;;/h2,5-8,10,12H,3-4,9,17H2,1H3,(H,19,22);2*1H. The Morgan fingerprint density at radius 2 is 2.15 bits per heavy atom. The highest BCUT2D eigenvalue weighted by atomic mass is 35.5. The molecule has 1 atom stereocenters. The molecule has 1 aliphatic carbocycles. The van der Waals surface area contributed by atoms with Crippen LogP contribution in [0.4, 0.5) is 5.69 Å². The van der Waals surface area contributed by atoms with E-state index in [2.05, 4.69) is 10.3 Å². The Bertz CT molecular complexity index is 780. The average Bonchev–Trinajstić information content (AvgIpc) is 3.30. The fourth-order valence-electron chi connectivity index (χ4n) is 2.80. The number of imidazole rings is 1. The molecule has 1 amide bonds. The first-order valence-electron chi connectivity index (χ1n) is 7.74. The number of nitrogens with one attached hydrogen (secondary N) is 1. The van der Waals surface area contributed by atoms with Crippen molar-refractivity contribution in [1.82, 2.24) is 14.9 Å². The number of carbonyl (C=O) groups is 1. The second kappa shape index (κ2) is 8.48. The summed E-state index contributed by atoms with van der Waals surface area (Å²) in [6.07, 6.45) is 6.69. The smallest absolute Gasteiger partial charge is 0.294 e. The minimum atomic E-state index is -0.505. The van der Waals surface area contributed by atoms with Gasteiger partial charge < -0.3 is 15.6 Å². The number of hydrogen-bond donors (Lipinski definition) is 2. The van der Waals surface area contributed by atoms with Crippen molar-refractivity contribution in [2.45, 2.75) is 25.3 Å². The predicted octanol–water partition coefficient (Wildman–Crippen LogP) is 2.48. The quantitative estimate of drug-likeness (QED) is 0.569. The van der Waals surface area contributed by atoms with Crippen LogP contribution < -0.4 is 11.1 Å². The van der Waals surface area contributed by atoms with E-state index in [0.717, 1.165) is 12.8 Å². The zero-order valence-electron chi connectivity index (χ0n) is 14.1. The zero-order chi connectivity index (χ0) is 17.3. The summed E-state index contributed by atoms with van der Waals surface area (Å²) in [5.41, 5.74) is 5.78. The number of aromatic nitrogens is 2. The second-order valence-electron chi connectivity index (χ2n) is 6.28. The van der Waals surface area contributed by atoms with Gasteiger partial charge in [-0.05, 0) is 37.8 Å². The van der Waals surface area contributed by atoms with Crippen LogP contribution in [0.5, 0.6) is 0 Å². The molecule has 3 N–H and O–H groups in total. The van der Waals surface area contributed by atoms with Gasteiger partial charge in [0.15, 0.2) is 0 Å². The molecular formula is C16H21Cl2N5O3. The topological polar surface area (TPSA) is 116 Å². The number of benzene rings is 1. The number of rotatable bonds is 6. The van der Waals surface area contributed by atoms with Gasteiger partial charge in [-0.25, -0.2) is 4.98 Å². The summed E-state index contributed by atoms with van der Waals surface area (Å²) < 4.78 is 1.54. The number of amides is 1. The fraction of sp³-hybridized carbons (Fsp3) is 0.375. The van der Waals surface area contributed by atoms with Crippen LogP contribution >= 0.6 is 24.8 Å². The van der Waals surface area contributed by atoms with Gasteiger partial charge in [0.05, 0.1) is 16.8 Å². The van der Waals surface area contributed by atoms with Crippen LogP contribution in [-0.2, 0) is 0 Å². The van der Waals surface area contributed by atoms with Gasteiger partial charge in [0.1, 0.15) is 5.69 Å². The largest absolute Gasteiger partial charge is 0.345 e. The fourth-order valence-corrected chi connectivity index (χ4v) is 2.80. The maximum Gasteiger partial charge on any atom is 0.294 e. The Morgan fingerprint density at radius 3 is 2.65 bits per heavy atom. The van der Waals surface area contributed by atoms with Gasteiger partial charge in [-0.2, -0.15) is 0 Å². The molecule has 0 saturated heterocycles. The number of halogens is 2. The molecule has 1 aliphatic rings. The Morgan fingerprint density at radius 1 is 1.46 bits per heavy atom. The van der Waals surface area contributed by atoms with Crippen molar-refractivity contribution in [3.63, 3.8) is 0 Å². The lowest BCUT2D eigenvalue weighted by Crippen LogP contribution is -2.53. The van der Waals surface area contributed by atoms with Crippen LogP contribution in [-0.4, -0.2) is 32.5 Å². The Kier molecular flexibility index (Phi) is 7.14. The molecule has 0 spiro atoms. The van der Waals surface area contributed by atoms with Gasteiger partial charge in [0.25, 0.3) is 11.6 Å². The van der Waals surface area contributed by atoms with E-state index in [-0.39, 0.29) is 42.0 Å².